The SMILES string of the molecule is CCc1cc2c(CC)cccc2n(OCc2ccccc2)c1=O. The normalized spacial score (nSPS) is 10.9. The monoisotopic (exact) mass is 307 g/mol. The molecule has 3 rings (SSSR count). The molecule has 0 aliphatic carbocycles. The van der Waals surface area contributed by atoms with Crippen LogP contribution in [0.4, 0.5) is 0 Å². The first kappa shape index (κ1) is 15.3. The molecular formula is C20H21NO2. The van der Waals surface area contributed by atoms with E-state index in [0.29, 0.717) is 13.0 Å². The van der Waals surface area contributed by atoms with Gasteiger partial charge in [0.1, 0.15) is 6.61 Å². The molecule has 118 valence electrons. The van der Waals surface area contributed by atoms with Gasteiger partial charge in [-0.3, -0.25) is 4.79 Å². The number of fused-ring (bicyclic) bond motifs is 1. The first-order valence-corrected chi connectivity index (χ1v) is 8.08. The summed E-state index contributed by atoms with van der Waals surface area (Å²) in [6.07, 6.45) is 1.62. The standard InChI is InChI=1S/C20H21NO2/c1-3-16-11-8-12-19-18(16)13-17(4-2)20(22)21(19)23-14-15-9-6-5-7-10-15/h5-13H,3-4,14H2,1-2H3. The summed E-state index contributed by atoms with van der Waals surface area (Å²) in [5, 5.41) is 1.10. The van der Waals surface area contributed by atoms with Crippen molar-refractivity contribution < 1.29 is 4.84 Å². The Hall–Kier alpha value is -2.55. The molecule has 0 N–H and O–H groups in total. The quantitative estimate of drug-likeness (QED) is 0.719. The van der Waals surface area contributed by atoms with Gasteiger partial charge in [-0.1, -0.05) is 56.3 Å². The molecule has 0 aliphatic heterocycles. The highest BCUT2D eigenvalue weighted by molar-refractivity contribution is 5.83. The van der Waals surface area contributed by atoms with Gasteiger partial charge in [0, 0.05) is 10.9 Å². The first-order chi connectivity index (χ1) is 11.2. The van der Waals surface area contributed by atoms with Gasteiger partial charge in [-0.25, -0.2) is 0 Å². The molecule has 0 amide bonds. The number of benzene rings is 2. The number of aryl methyl sites for hydroxylation is 2. The zero-order chi connectivity index (χ0) is 16.2. The Morgan fingerprint density at radius 3 is 2.35 bits per heavy atom. The predicted molar refractivity (Wildman–Crippen MR) is 93.7 cm³/mol. The zero-order valence-corrected chi connectivity index (χ0v) is 13.6. The van der Waals surface area contributed by atoms with Crippen molar-refractivity contribution in [3.05, 3.63) is 81.6 Å². The summed E-state index contributed by atoms with van der Waals surface area (Å²) in [4.78, 5) is 18.6. The van der Waals surface area contributed by atoms with Gasteiger partial charge in [0.15, 0.2) is 0 Å². The minimum Gasteiger partial charge on any atom is -0.405 e. The van der Waals surface area contributed by atoms with Gasteiger partial charge in [-0.05, 0) is 36.1 Å². The Kier molecular flexibility index (Phi) is 4.47. The van der Waals surface area contributed by atoms with E-state index in [2.05, 4.69) is 13.0 Å². The fraction of sp³-hybridized carbons (Fsp3) is 0.250. The minimum atomic E-state index is -0.0656. The van der Waals surface area contributed by atoms with Crippen LogP contribution < -0.4 is 10.4 Å². The lowest BCUT2D eigenvalue weighted by Crippen LogP contribution is -2.29. The smallest absolute Gasteiger partial charge is 0.286 e. The van der Waals surface area contributed by atoms with E-state index in [1.54, 1.807) is 0 Å². The number of hydrogen-bond acceptors (Lipinski definition) is 2. The maximum absolute atomic E-state index is 12.7. The van der Waals surface area contributed by atoms with Crippen molar-refractivity contribution in [3.63, 3.8) is 0 Å². The zero-order valence-electron chi connectivity index (χ0n) is 13.6. The van der Waals surface area contributed by atoms with Gasteiger partial charge in [-0.15, -0.1) is 4.73 Å². The van der Waals surface area contributed by atoms with Gasteiger partial charge in [0.2, 0.25) is 0 Å². The maximum atomic E-state index is 12.7. The molecule has 2 aromatic carbocycles. The predicted octanol–water partition coefficient (Wildman–Crippen LogP) is 3.76. The van der Waals surface area contributed by atoms with Crippen molar-refractivity contribution >= 4 is 10.9 Å². The van der Waals surface area contributed by atoms with Crippen LogP contribution in [0.15, 0.2) is 59.4 Å². The molecule has 0 unspecified atom stereocenters. The second kappa shape index (κ2) is 6.69. The molecule has 3 aromatic rings. The highest BCUT2D eigenvalue weighted by atomic mass is 16.7. The average Bonchev–Trinajstić information content (AvgIpc) is 2.60. The summed E-state index contributed by atoms with van der Waals surface area (Å²) in [5.74, 6) is 0. The van der Waals surface area contributed by atoms with Crippen LogP contribution in [0.3, 0.4) is 0 Å². The van der Waals surface area contributed by atoms with E-state index < -0.39 is 0 Å². The fourth-order valence-corrected chi connectivity index (χ4v) is 2.82. The van der Waals surface area contributed by atoms with Crippen molar-refractivity contribution in [1.29, 1.82) is 0 Å². The number of nitrogens with zero attached hydrogens (tertiary/aromatic N) is 1. The van der Waals surface area contributed by atoms with E-state index in [4.69, 9.17) is 4.84 Å². The molecule has 0 atom stereocenters. The van der Waals surface area contributed by atoms with Crippen LogP contribution in [0.5, 0.6) is 0 Å². The fourth-order valence-electron chi connectivity index (χ4n) is 2.82. The Labute approximate surface area is 136 Å². The highest BCUT2D eigenvalue weighted by Gasteiger charge is 2.11. The van der Waals surface area contributed by atoms with Gasteiger partial charge in [-0.2, -0.15) is 0 Å². The third-order valence-corrected chi connectivity index (χ3v) is 4.13. The van der Waals surface area contributed by atoms with Crippen LogP contribution in [0.25, 0.3) is 10.9 Å². The second-order valence-electron chi connectivity index (χ2n) is 5.59. The van der Waals surface area contributed by atoms with Gasteiger partial charge in [0.25, 0.3) is 5.56 Å². The average molecular weight is 307 g/mol. The second-order valence-corrected chi connectivity index (χ2v) is 5.59. The molecule has 23 heavy (non-hydrogen) atoms. The third kappa shape index (κ3) is 3.00. The summed E-state index contributed by atoms with van der Waals surface area (Å²) in [6, 6.07) is 17.9. The number of pyridine rings is 1. The first-order valence-electron chi connectivity index (χ1n) is 8.08. The van der Waals surface area contributed by atoms with Crippen molar-refractivity contribution in [3.8, 4) is 0 Å². The van der Waals surface area contributed by atoms with Crippen LogP contribution in [0, 0.1) is 0 Å². The van der Waals surface area contributed by atoms with E-state index in [0.717, 1.165) is 28.5 Å². The Bertz CT molecular complexity index is 866. The topological polar surface area (TPSA) is 31.2 Å². The molecule has 3 heteroatoms. The summed E-state index contributed by atoms with van der Waals surface area (Å²) in [5.41, 5.74) is 3.83. The summed E-state index contributed by atoms with van der Waals surface area (Å²) in [7, 11) is 0. The Balaban J connectivity index is 2.10. The molecule has 1 heterocycles. The van der Waals surface area contributed by atoms with Crippen LogP contribution in [0.1, 0.15) is 30.5 Å². The van der Waals surface area contributed by atoms with Crippen LogP contribution in [-0.2, 0) is 19.4 Å². The van der Waals surface area contributed by atoms with Crippen molar-refractivity contribution in [2.45, 2.75) is 33.3 Å². The highest BCUT2D eigenvalue weighted by Crippen LogP contribution is 2.19. The van der Waals surface area contributed by atoms with Crippen molar-refractivity contribution in [2.75, 3.05) is 0 Å². The van der Waals surface area contributed by atoms with Crippen molar-refractivity contribution in [2.24, 2.45) is 0 Å². The molecule has 0 bridgehead atoms. The molecule has 0 saturated carbocycles. The van der Waals surface area contributed by atoms with E-state index in [1.807, 2.05) is 55.5 Å². The summed E-state index contributed by atoms with van der Waals surface area (Å²) < 4.78 is 1.46. The van der Waals surface area contributed by atoms with Gasteiger partial charge >= 0.3 is 0 Å². The molecular weight excluding hydrogens is 286 g/mol. The number of rotatable bonds is 5. The maximum Gasteiger partial charge on any atom is 0.286 e. The number of aromatic nitrogens is 1. The molecule has 0 fully saturated rings. The molecule has 0 saturated heterocycles. The van der Waals surface area contributed by atoms with Gasteiger partial charge in [0.05, 0.1) is 5.52 Å². The molecule has 0 aliphatic rings. The molecule has 1 aromatic heterocycles. The summed E-state index contributed by atoms with van der Waals surface area (Å²) >= 11 is 0. The van der Waals surface area contributed by atoms with E-state index in [9.17, 15) is 4.79 Å². The summed E-state index contributed by atoms with van der Waals surface area (Å²) in [6.45, 7) is 4.50. The molecule has 0 radical (unpaired) electrons. The van der Waals surface area contributed by atoms with E-state index >= 15 is 0 Å². The van der Waals surface area contributed by atoms with Gasteiger partial charge < -0.3 is 4.84 Å². The van der Waals surface area contributed by atoms with E-state index in [1.165, 1.54) is 10.3 Å². The van der Waals surface area contributed by atoms with E-state index in [-0.39, 0.29) is 5.56 Å². The lowest BCUT2D eigenvalue weighted by atomic mass is 10.0. The lowest BCUT2D eigenvalue weighted by molar-refractivity contribution is 0.0987. The largest absolute Gasteiger partial charge is 0.405 e. The van der Waals surface area contributed by atoms with Crippen LogP contribution in [-0.4, -0.2) is 4.73 Å². The Morgan fingerprint density at radius 1 is 0.913 bits per heavy atom. The Morgan fingerprint density at radius 2 is 1.65 bits per heavy atom. The van der Waals surface area contributed by atoms with Crippen molar-refractivity contribution in [1.82, 2.24) is 4.73 Å². The molecule has 3 nitrogen and oxygen atoms in total. The lowest BCUT2D eigenvalue weighted by Gasteiger charge is -2.15. The third-order valence-electron chi connectivity index (χ3n) is 4.13. The van der Waals surface area contributed by atoms with Crippen LogP contribution in [0.2, 0.25) is 0 Å². The molecule has 0 spiro atoms. The minimum absolute atomic E-state index is 0.0656. The van der Waals surface area contributed by atoms with Crippen LogP contribution >= 0.6 is 0 Å². The number of hydrogen-bond donors (Lipinski definition) is 0.